The maximum Gasteiger partial charge on any atom is 0.256 e. The standard InChI is InChI=1S/C31H40ClFN4O2S.C4H7Cl.C2H6/c1-7-27(32)19(3)18-40-23-10-11-28-25(14-23)26(31(39)36-28)15-29-21(5)24(22(6)35-29)16-30(38)34-12-9-13-37(8-2)17-20(4)33;1-3-4(2)5;1-2/h7,10-11,14-15,20,35H,1,8-9,12-13,16-18H2,2-6H3,(H,34,38)(H,36,39);3H,1-2H3;1-2H3/b26-15-,27-19-;4-3+;. The van der Waals surface area contributed by atoms with Gasteiger partial charge in [0.25, 0.3) is 5.91 Å². The fourth-order valence-electron chi connectivity index (χ4n) is 4.69. The summed E-state index contributed by atoms with van der Waals surface area (Å²) < 4.78 is 13.3. The van der Waals surface area contributed by atoms with Crippen LogP contribution in [0.15, 0.2) is 57.5 Å². The molecular formula is C37H53Cl2FN4O2S. The lowest BCUT2D eigenvalue weighted by molar-refractivity contribution is -0.120. The van der Waals surface area contributed by atoms with Crippen molar-refractivity contribution in [2.75, 3.05) is 37.2 Å². The normalized spacial score (nSPS) is 14.4. The lowest BCUT2D eigenvalue weighted by Crippen LogP contribution is -2.33. The molecule has 2 amide bonds. The van der Waals surface area contributed by atoms with E-state index in [1.54, 1.807) is 24.8 Å². The molecule has 10 heteroatoms. The second-order valence-corrected chi connectivity index (χ2v) is 13.1. The smallest absolute Gasteiger partial charge is 0.256 e. The van der Waals surface area contributed by atoms with Crippen molar-refractivity contribution in [2.45, 2.75) is 86.2 Å². The average Bonchev–Trinajstić information content (AvgIpc) is 3.50. The molecule has 0 spiro atoms. The van der Waals surface area contributed by atoms with Crippen molar-refractivity contribution in [3.05, 3.63) is 80.6 Å². The van der Waals surface area contributed by atoms with Crippen LogP contribution in [0.25, 0.3) is 11.6 Å². The SMILES string of the molecule is C/C=C(\C)Cl.C=C/C(Cl)=C(\C)CSc1ccc2c(c1)/C(=C/c1[nH]c(C)c(CC(=O)NCCCN(CC)CC(C)F)c1C)C(=O)N2.CC. The maximum atomic E-state index is 13.3. The van der Waals surface area contributed by atoms with Crippen molar-refractivity contribution >= 4 is 64.1 Å². The first kappa shape index (κ1) is 42.2. The van der Waals surface area contributed by atoms with Gasteiger partial charge < -0.3 is 20.5 Å². The first-order valence-electron chi connectivity index (χ1n) is 16.2. The van der Waals surface area contributed by atoms with E-state index < -0.39 is 6.17 Å². The van der Waals surface area contributed by atoms with Crippen LogP contribution in [0.4, 0.5) is 10.1 Å². The lowest BCUT2D eigenvalue weighted by atomic mass is 10.0. The number of carbonyl (C=O) groups excluding carboxylic acids is 2. The highest BCUT2D eigenvalue weighted by molar-refractivity contribution is 7.99. The van der Waals surface area contributed by atoms with Crippen LogP contribution in [0.2, 0.25) is 0 Å². The van der Waals surface area contributed by atoms with Crippen LogP contribution in [0.3, 0.4) is 0 Å². The Labute approximate surface area is 296 Å². The molecule has 1 aliphatic heterocycles. The van der Waals surface area contributed by atoms with Crippen molar-refractivity contribution in [1.29, 1.82) is 0 Å². The minimum atomic E-state index is -0.864. The zero-order valence-corrected chi connectivity index (χ0v) is 31.8. The van der Waals surface area contributed by atoms with Crippen LogP contribution in [0.5, 0.6) is 0 Å². The monoisotopic (exact) mass is 706 g/mol. The third kappa shape index (κ3) is 14.1. The Kier molecular flexibility index (Phi) is 19.7. The van der Waals surface area contributed by atoms with E-state index in [1.807, 2.05) is 90.6 Å². The number of aryl methyl sites for hydroxylation is 1. The summed E-state index contributed by atoms with van der Waals surface area (Å²) in [6.45, 7) is 23.4. The van der Waals surface area contributed by atoms with Crippen molar-refractivity contribution < 1.29 is 14.0 Å². The number of rotatable bonds is 14. The highest BCUT2D eigenvalue weighted by Gasteiger charge is 2.25. The van der Waals surface area contributed by atoms with E-state index in [9.17, 15) is 14.0 Å². The van der Waals surface area contributed by atoms with E-state index in [4.69, 9.17) is 23.2 Å². The average molecular weight is 708 g/mol. The predicted molar refractivity (Wildman–Crippen MR) is 203 cm³/mol. The summed E-state index contributed by atoms with van der Waals surface area (Å²) in [6, 6.07) is 5.93. The molecule has 3 rings (SSSR count). The third-order valence-electron chi connectivity index (χ3n) is 7.40. The van der Waals surface area contributed by atoms with E-state index in [0.29, 0.717) is 23.7 Å². The molecule has 1 atom stereocenters. The van der Waals surface area contributed by atoms with Crippen LogP contribution < -0.4 is 10.6 Å². The molecule has 1 unspecified atom stereocenters. The summed E-state index contributed by atoms with van der Waals surface area (Å²) in [7, 11) is 0. The number of benzene rings is 1. The lowest BCUT2D eigenvalue weighted by Gasteiger charge is -2.20. The minimum absolute atomic E-state index is 0.0576. The molecule has 2 aromatic rings. The van der Waals surface area contributed by atoms with Gasteiger partial charge in [-0.1, -0.05) is 62.7 Å². The molecule has 0 aliphatic carbocycles. The van der Waals surface area contributed by atoms with Crippen molar-refractivity contribution in [3.63, 3.8) is 0 Å². The summed E-state index contributed by atoms with van der Waals surface area (Å²) in [5.74, 6) is 0.507. The molecule has 0 fully saturated rings. The maximum absolute atomic E-state index is 13.3. The number of allylic oxidation sites excluding steroid dienone is 4. The van der Waals surface area contributed by atoms with Gasteiger partial charge in [0.2, 0.25) is 5.91 Å². The number of halogens is 3. The Balaban J connectivity index is 0.00000144. The highest BCUT2D eigenvalue weighted by Crippen LogP contribution is 2.37. The fraction of sp³-hybridized carbons (Fsp3) is 0.459. The number of hydrogen-bond acceptors (Lipinski definition) is 4. The summed E-state index contributed by atoms with van der Waals surface area (Å²) in [5, 5.41) is 7.44. The fourth-order valence-corrected chi connectivity index (χ4v) is 5.74. The summed E-state index contributed by atoms with van der Waals surface area (Å²) in [6.07, 6.45) is 5.50. The number of alkyl halides is 1. The number of nitrogens with one attached hydrogen (secondary N) is 3. The van der Waals surface area contributed by atoms with Gasteiger partial charge in [0, 0.05) is 56.4 Å². The second kappa shape index (κ2) is 22.0. The molecule has 6 nitrogen and oxygen atoms in total. The molecule has 260 valence electrons. The topological polar surface area (TPSA) is 77.2 Å². The number of anilines is 1. The largest absolute Gasteiger partial charge is 0.359 e. The number of H-pyrrole nitrogens is 1. The van der Waals surface area contributed by atoms with Gasteiger partial charge in [-0.05, 0) is 102 Å². The number of nitrogens with zero attached hydrogens (tertiary/aromatic N) is 1. The van der Waals surface area contributed by atoms with Crippen molar-refractivity contribution in [2.24, 2.45) is 0 Å². The zero-order chi connectivity index (χ0) is 35.7. The van der Waals surface area contributed by atoms with Gasteiger partial charge in [0.1, 0.15) is 6.17 Å². The molecule has 0 saturated heterocycles. The van der Waals surface area contributed by atoms with Gasteiger partial charge in [0.15, 0.2) is 0 Å². The Morgan fingerprint density at radius 3 is 2.45 bits per heavy atom. The van der Waals surface area contributed by atoms with Crippen molar-refractivity contribution in [3.8, 4) is 0 Å². The molecule has 3 N–H and O–H groups in total. The van der Waals surface area contributed by atoms with E-state index in [-0.39, 0.29) is 18.2 Å². The van der Waals surface area contributed by atoms with E-state index in [1.165, 1.54) is 0 Å². The Morgan fingerprint density at radius 2 is 1.87 bits per heavy atom. The molecule has 1 aromatic heterocycles. The minimum Gasteiger partial charge on any atom is -0.359 e. The van der Waals surface area contributed by atoms with Crippen LogP contribution in [-0.4, -0.2) is 59.8 Å². The molecule has 0 radical (unpaired) electrons. The zero-order valence-electron chi connectivity index (χ0n) is 29.5. The number of hydrogen-bond donors (Lipinski definition) is 3. The molecule has 1 aromatic carbocycles. The summed E-state index contributed by atoms with van der Waals surface area (Å²) >= 11 is 13.1. The number of aromatic nitrogens is 1. The van der Waals surface area contributed by atoms with E-state index in [2.05, 4.69) is 22.2 Å². The van der Waals surface area contributed by atoms with Gasteiger partial charge in [-0.15, -0.1) is 11.8 Å². The number of amides is 2. The Morgan fingerprint density at radius 1 is 1.21 bits per heavy atom. The van der Waals surface area contributed by atoms with Gasteiger partial charge >= 0.3 is 0 Å². The highest BCUT2D eigenvalue weighted by atomic mass is 35.5. The molecule has 1 aliphatic rings. The summed E-state index contributed by atoms with van der Waals surface area (Å²) in [4.78, 5) is 32.0. The quantitative estimate of drug-likeness (QED) is 0.0791. The first-order valence-corrected chi connectivity index (χ1v) is 17.9. The number of thioether (sulfide) groups is 1. The van der Waals surface area contributed by atoms with Gasteiger partial charge in [-0.3, -0.25) is 9.59 Å². The molecule has 47 heavy (non-hydrogen) atoms. The Bertz CT molecular complexity index is 1440. The van der Waals surface area contributed by atoms with Crippen LogP contribution in [0, 0.1) is 13.8 Å². The summed E-state index contributed by atoms with van der Waals surface area (Å²) in [5.41, 5.74) is 6.83. The number of aromatic amines is 1. The molecule has 0 saturated carbocycles. The van der Waals surface area contributed by atoms with E-state index in [0.717, 1.165) is 74.5 Å². The third-order valence-corrected chi connectivity index (χ3v) is 9.26. The Hall–Kier alpha value is -2.78. The van der Waals surface area contributed by atoms with Crippen molar-refractivity contribution in [1.82, 2.24) is 15.2 Å². The number of carbonyl (C=O) groups is 2. The predicted octanol–water partition coefficient (Wildman–Crippen LogP) is 9.82. The number of fused-ring (bicyclic) bond motifs is 1. The van der Waals surface area contributed by atoms with Crippen LogP contribution >= 0.6 is 35.0 Å². The van der Waals surface area contributed by atoms with Crippen LogP contribution in [0.1, 0.15) is 83.0 Å². The second-order valence-electron chi connectivity index (χ2n) is 11.0. The molecular weight excluding hydrogens is 654 g/mol. The van der Waals surface area contributed by atoms with Gasteiger partial charge in [-0.25, -0.2) is 4.39 Å². The van der Waals surface area contributed by atoms with Crippen LogP contribution in [-0.2, 0) is 16.0 Å². The first-order chi connectivity index (χ1) is 22.3. The molecule has 0 bridgehead atoms. The van der Waals surface area contributed by atoms with Gasteiger partial charge in [-0.2, -0.15) is 0 Å². The van der Waals surface area contributed by atoms with Gasteiger partial charge in [0.05, 0.1) is 12.0 Å². The molecule has 2 heterocycles. The van der Waals surface area contributed by atoms with E-state index >= 15 is 0 Å².